The van der Waals surface area contributed by atoms with Crippen LogP contribution in [0.25, 0.3) is 0 Å². The Balaban J connectivity index is 1.72. The lowest BCUT2D eigenvalue weighted by Crippen LogP contribution is -2.49. The van der Waals surface area contributed by atoms with Gasteiger partial charge >= 0.3 is 0 Å². The highest BCUT2D eigenvalue weighted by Crippen LogP contribution is 2.24. The van der Waals surface area contributed by atoms with Gasteiger partial charge in [0.25, 0.3) is 0 Å². The molecule has 0 spiro atoms. The number of rotatable bonds is 5. The number of hydrogen-bond donors (Lipinski definition) is 0. The summed E-state index contributed by atoms with van der Waals surface area (Å²) in [6.07, 6.45) is 4.79. The van der Waals surface area contributed by atoms with Crippen molar-refractivity contribution in [2.24, 2.45) is 0 Å². The van der Waals surface area contributed by atoms with Gasteiger partial charge in [-0.2, -0.15) is 0 Å². The predicted octanol–water partition coefficient (Wildman–Crippen LogP) is 2.19. The Bertz CT molecular complexity index is 489. The summed E-state index contributed by atoms with van der Waals surface area (Å²) in [5.41, 5.74) is 1.26. The lowest BCUT2D eigenvalue weighted by Gasteiger charge is -2.35. The second-order valence-electron chi connectivity index (χ2n) is 5.89. The molecule has 0 unspecified atom stereocenters. The molecule has 0 saturated carbocycles. The van der Waals surface area contributed by atoms with Gasteiger partial charge in [-0.15, -0.1) is 0 Å². The first-order valence-electron chi connectivity index (χ1n) is 7.88. The fourth-order valence-corrected chi connectivity index (χ4v) is 3.39. The summed E-state index contributed by atoms with van der Waals surface area (Å²) in [5.74, 6) is 0.403. The third kappa shape index (κ3) is 3.09. The van der Waals surface area contributed by atoms with Crippen LogP contribution in [-0.4, -0.2) is 40.9 Å². The average molecular weight is 286 g/mol. The van der Waals surface area contributed by atoms with E-state index in [9.17, 15) is 9.59 Å². The smallest absolute Gasteiger partial charge is 0.224 e. The van der Waals surface area contributed by atoms with Crippen molar-refractivity contribution in [1.29, 1.82) is 0 Å². The van der Waals surface area contributed by atoms with Crippen molar-refractivity contribution >= 4 is 11.8 Å². The molecule has 2 amide bonds. The van der Waals surface area contributed by atoms with E-state index in [1.165, 1.54) is 5.56 Å². The molecule has 112 valence electrons. The van der Waals surface area contributed by atoms with Gasteiger partial charge in [0.15, 0.2) is 0 Å². The molecule has 0 aliphatic carbocycles. The number of carbonyl (C=O) groups excluding carboxylic acids is 2. The molecule has 0 atom stereocenters. The third-order valence-electron chi connectivity index (χ3n) is 4.47. The largest absolute Gasteiger partial charge is 0.322 e. The van der Waals surface area contributed by atoms with E-state index in [2.05, 4.69) is 12.1 Å². The normalized spacial score (nSPS) is 19.1. The van der Waals surface area contributed by atoms with Gasteiger partial charge in [0, 0.05) is 25.9 Å². The lowest BCUT2D eigenvalue weighted by atomic mass is 10.1. The van der Waals surface area contributed by atoms with Crippen LogP contribution in [0.2, 0.25) is 0 Å². The molecule has 2 aliphatic rings. The molecule has 3 rings (SSSR count). The first kappa shape index (κ1) is 14.1. The molecule has 0 bridgehead atoms. The van der Waals surface area contributed by atoms with Gasteiger partial charge in [-0.1, -0.05) is 30.3 Å². The van der Waals surface area contributed by atoms with Crippen LogP contribution < -0.4 is 0 Å². The molecule has 2 fully saturated rings. The fraction of sp³-hybridized carbons (Fsp3) is 0.529. The standard InChI is InChI=1S/C17H22N2O2/c20-16-8-4-12-18(16)15(19-13-5-9-17(19)21)11-10-14-6-2-1-3-7-14/h1-3,6-7,15H,4-5,8-13H2. The first-order valence-corrected chi connectivity index (χ1v) is 7.88. The molecule has 0 aromatic heterocycles. The number of hydrogen-bond acceptors (Lipinski definition) is 2. The highest BCUT2D eigenvalue weighted by Gasteiger charge is 2.35. The molecule has 2 aliphatic heterocycles. The highest BCUT2D eigenvalue weighted by atomic mass is 16.2. The van der Waals surface area contributed by atoms with Crippen LogP contribution in [0, 0.1) is 0 Å². The fourth-order valence-electron chi connectivity index (χ4n) is 3.39. The van der Waals surface area contributed by atoms with Crippen LogP contribution in [0.5, 0.6) is 0 Å². The summed E-state index contributed by atoms with van der Waals surface area (Å²) in [6.45, 7) is 1.59. The number of carbonyl (C=O) groups is 2. The summed E-state index contributed by atoms with van der Waals surface area (Å²) in [7, 11) is 0. The number of benzene rings is 1. The zero-order chi connectivity index (χ0) is 14.7. The van der Waals surface area contributed by atoms with E-state index < -0.39 is 0 Å². The number of amides is 2. The van der Waals surface area contributed by atoms with E-state index >= 15 is 0 Å². The molecule has 1 aromatic rings. The number of aryl methyl sites for hydroxylation is 1. The molecule has 4 nitrogen and oxygen atoms in total. The predicted molar refractivity (Wildman–Crippen MR) is 80.4 cm³/mol. The van der Waals surface area contributed by atoms with Gasteiger partial charge in [-0.3, -0.25) is 9.59 Å². The first-order chi connectivity index (χ1) is 10.3. The monoisotopic (exact) mass is 286 g/mol. The minimum absolute atomic E-state index is 0.0461. The van der Waals surface area contributed by atoms with Crippen molar-refractivity contribution in [3.8, 4) is 0 Å². The van der Waals surface area contributed by atoms with Gasteiger partial charge in [-0.05, 0) is 31.2 Å². The Hall–Kier alpha value is -1.84. The minimum Gasteiger partial charge on any atom is -0.322 e. The van der Waals surface area contributed by atoms with E-state index in [4.69, 9.17) is 0 Å². The number of nitrogens with zero attached hydrogens (tertiary/aromatic N) is 2. The molecular weight excluding hydrogens is 264 g/mol. The van der Waals surface area contributed by atoms with Crippen LogP contribution in [-0.2, 0) is 16.0 Å². The van der Waals surface area contributed by atoms with E-state index in [1.807, 2.05) is 28.0 Å². The highest BCUT2D eigenvalue weighted by molar-refractivity contribution is 5.81. The maximum Gasteiger partial charge on any atom is 0.224 e. The minimum atomic E-state index is -0.0461. The molecule has 21 heavy (non-hydrogen) atoms. The molecule has 0 N–H and O–H groups in total. The van der Waals surface area contributed by atoms with Gasteiger partial charge < -0.3 is 9.80 Å². The summed E-state index contributed by atoms with van der Waals surface area (Å²) in [6, 6.07) is 10.3. The third-order valence-corrected chi connectivity index (χ3v) is 4.47. The van der Waals surface area contributed by atoms with Crippen molar-refractivity contribution in [1.82, 2.24) is 9.80 Å². The SMILES string of the molecule is O=C1CCCN1C(CCc1ccccc1)N1CCCC1=O. The molecule has 1 aromatic carbocycles. The molecule has 2 saturated heterocycles. The second-order valence-corrected chi connectivity index (χ2v) is 5.89. The maximum atomic E-state index is 12.1. The topological polar surface area (TPSA) is 40.6 Å². The van der Waals surface area contributed by atoms with Gasteiger partial charge in [0.2, 0.25) is 11.8 Å². The Morgan fingerprint density at radius 1 is 0.905 bits per heavy atom. The molecule has 4 heteroatoms. The summed E-state index contributed by atoms with van der Waals surface area (Å²) < 4.78 is 0. The van der Waals surface area contributed by atoms with Crippen LogP contribution in [0.1, 0.15) is 37.7 Å². The van der Waals surface area contributed by atoms with Crippen LogP contribution in [0.15, 0.2) is 30.3 Å². The zero-order valence-corrected chi connectivity index (χ0v) is 12.3. The van der Waals surface area contributed by atoms with Gasteiger partial charge in [0.05, 0.1) is 0 Å². The van der Waals surface area contributed by atoms with Crippen LogP contribution >= 0.6 is 0 Å². The lowest BCUT2D eigenvalue weighted by molar-refractivity contribution is -0.140. The molecule has 2 heterocycles. The van der Waals surface area contributed by atoms with Crippen molar-refractivity contribution < 1.29 is 9.59 Å². The van der Waals surface area contributed by atoms with Crippen LogP contribution in [0.4, 0.5) is 0 Å². The maximum absolute atomic E-state index is 12.1. The zero-order valence-electron chi connectivity index (χ0n) is 12.3. The van der Waals surface area contributed by atoms with E-state index in [0.717, 1.165) is 38.8 Å². The van der Waals surface area contributed by atoms with E-state index in [-0.39, 0.29) is 18.0 Å². The molecular formula is C17H22N2O2. The van der Waals surface area contributed by atoms with E-state index in [0.29, 0.717) is 12.8 Å². The number of likely N-dealkylation sites (tertiary alicyclic amines) is 2. The van der Waals surface area contributed by atoms with Crippen LogP contribution in [0.3, 0.4) is 0 Å². The summed E-state index contributed by atoms with van der Waals surface area (Å²) in [5, 5.41) is 0. The van der Waals surface area contributed by atoms with Crippen molar-refractivity contribution in [3.63, 3.8) is 0 Å². The van der Waals surface area contributed by atoms with Gasteiger partial charge in [-0.25, -0.2) is 0 Å². The van der Waals surface area contributed by atoms with Gasteiger partial charge in [0.1, 0.15) is 6.17 Å². The van der Waals surface area contributed by atoms with Crippen molar-refractivity contribution in [2.75, 3.05) is 13.1 Å². The second kappa shape index (κ2) is 6.29. The average Bonchev–Trinajstić information content (AvgIpc) is 3.11. The Kier molecular flexibility index (Phi) is 4.23. The Labute approximate surface area is 125 Å². The quantitative estimate of drug-likeness (QED) is 0.832. The summed E-state index contributed by atoms with van der Waals surface area (Å²) >= 11 is 0. The van der Waals surface area contributed by atoms with Crippen molar-refractivity contribution in [2.45, 2.75) is 44.7 Å². The van der Waals surface area contributed by atoms with Crippen molar-refractivity contribution in [3.05, 3.63) is 35.9 Å². The Morgan fingerprint density at radius 3 is 1.95 bits per heavy atom. The van der Waals surface area contributed by atoms with E-state index in [1.54, 1.807) is 0 Å². The Morgan fingerprint density at radius 2 is 1.48 bits per heavy atom. The summed E-state index contributed by atoms with van der Waals surface area (Å²) in [4.78, 5) is 28.0. The molecule has 0 radical (unpaired) electrons.